The van der Waals surface area contributed by atoms with Gasteiger partial charge >= 0.3 is 0 Å². The number of pyridine rings is 1. The second-order valence-corrected chi connectivity index (χ2v) is 7.07. The molecule has 0 aliphatic heterocycles. The van der Waals surface area contributed by atoms with Crippen LogP contribution in [0.25, 0.3) is 0 Å². The Labute approximate surface area is 200 Å². The Balaban J connectivity index is 0.00000341. The summed E-state index contributed by atoms with van der Waals surface area (Å²) in [7, 11) is 6.53. The summed E-state index contributed by atoms with van der Waals surface area (Å²) in [5, 5.41) is 6.58. The van der Waals surface area contributed by atoms with Gasteiger partial charge in [0.25, 0.3) is 0 Å². The molecule has 8 nitrogen and oxygen atoms in total. The summed E-state index contributed by atoms with van der Waals surface area (Å²) < 4.78 is 21.9. The van der Waals surface area contributed by atoms with Crippen LogP contribution < -0.4 is 29.6 Å². The van der Waals surface area contributed by atoms with E-state index in [1.165, 1.54) is 12.8 Å². The van der Waals surface area contributed by atoms with Gasteiger partial charge in [0.05, 0.1) is 27.9 Å². The number of ether oxygens (including phenoxy) is 4. The quantitative estimate of drug-likeness (QED) is 0.271. The number of guanidine groups is 1. The van der Waals surface area contributed by atoms with Gasteiger partial charge in [-0.2, -0.15) is 0 Å². The van der Waals surface area contributed by atoms with Gasteiger partial charge in [-0.25, -0.2) is 4.98 Å². The van der Waals surface area contributed by atoms with E-state index in [4.69, 9.17) is 18.9 Å². The molecular weight excluding hydrogens is 511 g/mol. The molecule has 0 spiro atoms. The zero-order chi connectivity index (χ0) is 21.3. The first-order valence-electron chi connectivity index (χ1n) is 9.98. The summed E-state index contributed by atoms with van der Waals surface area (Å²) >= 11 is 0. The molecule has 0 atom stereocenters. The van der Waals surface area contributed by atoms with Gasteiger partial charge in [0.15, 0.2) is 17.5 Å². The van der Waals surface area contributed by atoms with Gasteiger partial charge in [0.1, 0.15) is 0 Å². The summed E-state index contributed by atoms with van der Waals surface area (Å²) in [6, 6.07) is 7.73. The highest BCUT2D eigenvalue weighted by molar-refractivity contribution is 14.0. The summed E-state index contributed by atoms with van der Waals surface area (Å²) in [6.07, 6.45) is 4.36. The lowest BCUT2D eigenvalue weighted by molar-refractivity contribution is 0.288. The number of methoxy groups -OCH3 is 3. The van der Waals surface area contributed by atoms with E-state index in [0.29, 0.717) is 48.1 Å². The monoisotopic (exact) mass is 542 g/mol. The van der Waals surface area contributed by atoms with Gasteiger partial charge in [0.2, 0.25) is 11.6 Å². The molecule has 0 bridgehead atoms. The Morgan fingerprint density at radius 1 is 1.00 bits per heavy atom. The Morgan fingerprint density at radius 2 is 1.65 bits per heavy atom. The van der Waals surface area contributed by atoms with Crippen molar-refractivity contribution >= 4 is 29.9 Å². The number of nitrogens with zero attached hydrogens (tertiary/aromatic N) is 2. The van der Waals surface area contributed by atoms with Crippen LogP contribution in [-0.2, 0) is 13.1 Å². The molecule has 31 heavy (non-hydrogen) atoms. The van der Waals surface area contributed by atoms with E-state index < -0.39 is 0 Å². The number of aliphatic imine (C=N–C) groups is 1. The first-order chi connectivity index (χ1) is 14.7. The minimum atomic E-state index is 0. The largest absolute Gasteiger partial charge is 0.493 e. The van der Waals surface area contributed by atoms with Crippen molar-refractivity contribution in [3.8, 4) is 23.1 Å². The van der Waals surface area contributed by atoms with Crippen LogP contribution in [0.3, 0.4) is 0 Å². The van der Waals surface area contributed by atoms with Crippen LogP contribution in [-0.4, -0.2) is 45.9 Å². The van der Waals surface area contributed by atoms with Crippen LogP contribution in [0.15, 0.2) is 35.5 Å². The van der Waals surface area contributed by atoms with Gasteiger partial charge in [-0.1, -0.05) is 6.07 Å². The Morgan fingerprint density at radius 3 is 2.13 bits per heavy atom. The second-order valence-electron chi connectivity index (χ2n) is 7.07. The fourth-order valence-corrected chi connectivity index (χ4v) is 2.92. The van der Waals surface area contributed by atoms with Crippen LogP contribution in [0.2, 0.25) is 0 Å². The van der Waals surface area contributed by atoms with Crippen LogP contribution in [0, 0.1) is 5.92 Å². The third-order valence-corrected chi connectivity index (χ3v) is 4.83. The molecule has 0 amide bonds. The van der Waals surface area contributed by atoms with Gasteiger partial charge < -0.3 is 29.6 Å². The maximum absolute atomic E-state index is 5.68. The molecule has 2 N–H and O–H groups in total. The van der Waals surface area contributed by atoms with E-state index in [9.17, 15) is 0 Å². The van der Waals surface area contributed by atoms with E-state index in [1.807, 2.05) is 30.5 Å². The molecule has 0 saturated heterocycles. The summed E-state index contributed by atoms with van der Waals surface area (Å²) in [4.78, 5) is 8.64. The molecule has 0 radical (unpaired) electrons. The molecule has 1 heterocycles. The third kappa shape index (κ3) is 7.34. The summed E-state index contributed by atoms with van der Waals surface area (Å²) in [5.74, 6) is 3.88. The molecule has 170 valence electrons. The van der Waals surface area contributed by atoms with Crippen LogP contribution in [0.1, 0.15) is 24.0 Å². The Hall–Kier alpha value is -2.43. The van der Waals surface area contributed by atoms with Crippen molar-refractivity contribution in [3.05, 3.63) is 41.6 Å². The predicted molar refractivity (Wildman–Crippen MR) is 131 cm³/mol. The number of benzene rings is 1. The van der Waals surface area contributed by atoms with Gasteiger partial charge in [-0.05, 0) is 42.0 Å². The van der Waals surface area contributed by atoms with Crippen molar-refractivity contribution in [2.24, 2.45) is 10.9 Å². The molecule has 1 aliphatic rings. The molecule has 0 unspecified atom stereocenters. The molecule has 1 aromatic heterocycles. The summed E-state index contributed by atoms with van der Waals surface area (Å²) in [5.41, 5.74) is 2.02. The Kier molecular flexibility index (Phi) is 9.96. The number of aromatic nitrogens is 1. The van der Waals surface area contributed by atoms with E-state index in [2.05, 4.69) is 20.6 Å². The lowest BCUT2D eigenvalue weighted by Crippen LogP contribution is -2.36. The molecule has 3 rings (SSSR count). The maximum atomic E-state index is 5.68. The first-order valence-corrected chi connectivity index (χ1v) is 9.98. The smallest absolute Gasteiger partial charge is 0.213 e. The molecule has 1 fully saturated rings. The van der Waals surface area contributed by atoms with Gasteiger partial charge in [0, 0.05) is 32.4 Å². The van der Waals surface area contributed by atoms with E-state index in [1.54, 1.807) is 28.4 Å². The minimum Gasteiger partial charge on any atom is -0.493 e. The maximum Gasteiger partial charge on any atom is 0.213 e. The second kappa shape index (κ2) is 12.4. The zero-order valence-electron chi connectivity index (χ0n) is 18.4. The van der Waals surface area contributed by atoms with Crippen LogP contribution >= 0.6 is 24.0 Å². The highest BCUT2D eigenvalue weighted by Gasteiger charge is 2.22. The average molecular weight is 542 g/mol. The molecule has 1 saturated carbocycles. The zero-order valence-corrected chi connectivity index (χ0v) is 20.8. The van der Waals surface area contributed by atoms with Crippen molar-refractivity contribution in [2.45, 2.75) is 25.9 Å². The van der Waals surface area contributed by atoms with E-state index in [-0.39, 0.29) is 24.0 Å². The Bertz CT molecular complexity index is 832. The minimum absolute atomic E-state index is 0. The lowest BCUT2D eigenvalue weighted by Gasteiger charge is -2.16. The van der Waals surface area contributed by atoms with Crippen molar-refractivity contribution in [1.29, 1.82) is 0 Å². The van der Waals surface area contributed by atoms with E-state index >= 15 is 0 Å². The van der Waals surface area contributed by atoms with E-state index in [0.717, 1.165) is 17.7 Å². The highest BCUT2D eigenvalue weighted by atomic mass is 127. The standard InChI is InChI=1S/C22H30N4O4.HI/c1-23-22(25-12-16-7-8-20(24-11-16)30-14-15-5-6-15)26-13-17-9-18(27-2)21(29-4)19(10-17)28-3;/h7-11,15H,5-6,12-14H2,1-4H3,(H2,23,25,26);1H. The predicted octanol–water partition coefficient (Wildman–Crippen LogP) is 3.38. The normalized spacial score (nSPS) is 13.1. The molecular formula is C22H31IN4O4. The number of nitrogens with one attached hydrogen (secondary N) is 2. The van der Waals surface area contributed by atoms with Crippen LogP contribution in [0.5, 0.6) is 23.1 Å². The number of hydrogen-bond acceptors (Lipinski definition) is 6. The van der Waals surface area contributed by atoms with Crippen molar-refractivity contribution < 1.29 is 18.9 Å². The van der Waals surface area contributed by atoms with Gasteiger partial charge in [-0.3, -0.25) is 4.99 Å². The fraction of sp³-hybridized carbons (Fsp3) is 0.455. The number of rotatable bonds is 10. The number of halogens is 1. The fourth-order valence-electron chi connectivity index (χ4n) is 2.92. The van der Waals surface area contributed by atoms with Crippen molar-refractivity contribution in [1.82, 2.24) is 15.6 Å². The van der Waals surface area contributed by atoms with Gasteiger partial charge in [-0.15, -0.1) is 24.0 Å². The lowest BCUT2D eigenvalue weighted by atomic mass is 10.2. The molecule has 1 aliphatic carbocycles. The SMILES string of the molecule is CN=C(NCc1ccc(OCC2CC2)nc1)NCc1cc(OC)c(OC)c(OC)c1.I. The average Bonchev–Trinajstić information content (AvgIpc) is 3.62. The topological polar surface area (TPSA) is 86.2 Å². The third-order valence-electron chi connectivity index (χ3n) is 4.83. The van der Waals surface area contributed by atoms with Crippen LogP contribution in [0.4, 0.5) is 0 Å². The van der Waals surface area contributed by atoms with Crippen molar-refractivity contribution in [2.75, 3.05) is 35.0 Å². The summed E-state index contributed by atoms with van der Waals surface area (Å²) in [6.45, 7) is 1.91. The first kappa shape index (κ1) is 24.8. The molecule has 1 aromatic carbocycles. The molecule has 2 aromatic rings. The number of hydrogen-bond donors (Lipinski definition) is 2. The highest BCUT2D eigenvalue weighted by Crippen LogP contribution is 2.38. The molecule has 9 heteroatoms. The van der Waals surface area contributed by atoms with Crippen molar-refractivity contribution in [3.63, 3.8) is 0 Å².